The van der Waals surface area contributed by atoms with Crippen molar-refractivity contribution in [1.82, 2.24) is 10.6 Å². The molecule has 86 valence electrons. The number of carbonyl (C=O) groups excluding carboxylic acids is 2. The summed E-state index contributed by atoms with van der Waals surface area (Å²) in [5, 5.41) is 5.59. The molecule has 0 spiro atoms. The molecular formula is C11H20N2O2. The zero-order valence-corrected chi connectivity index (χ0v) is 9.56. The van der Waals surface area contributed by atoms with Gasteiger partial charge in [-0.3, -0.25) is 9.59 Å². The van der Waals surface area contributed by atoms with E-state index in [1.165, 1.54) is 0 Å². The average Bonchev–Trinajstić information content (AvgIpc) is 3.03. The number of hydrogen-bond acceptors (Lipinski definition) is 2. The molecule has 0 heterocycles. The number of carbonyl (C=O) groups is 2. The van der Waals surface area contributed by atoms with Gasteiger partial charge in [0.15, 0.2) is 0 Å². The summed E-state index contributed by atoms with van der Waals surface area (Å²) in [5.74, 6) is -0.198. The second kappa shape index (κ2) is 5.14. The number of hydrogen-bond donors (Lipinski definition) is 2. The SMILES string of the molecule is CCCNC(=O)C1(C(=O)NCCC)CC1. The molecule has 0 aliphatic heterocycles. The molecule has 0 aromatic rings. The van der Waals surface area contributed by atoms with Gasteiger partial charge in [0, 0.05) is 13.1 Å². The lowest BCUT2D eigenvalue weighted by Gasteiger charge is -2.14. The summed E-state index contributed by atoms with van der Waals surface area (Å²) in [6.07, 6.45) is 3.19. The van der Waals surface area contributed by atoms with Crippen LogP contribution in [-0.2, 0) is 9.59 Å². The molecule has 2 N–H and O–H groups in total. The first-order valence-electron chi connectivity index (χ1n) is 5.74. The monoisotopic (exact) mass is 212 g/mol. The molecule has 1 aliphatic rings. The molecule has 4 nitrogen and oxygen atoms in total. The van der Waals surface area contributed by atoms with Crippen LogP contribution in [0, 0.1) is 5.41 Å². The molecule has 4 heteroatoms. The normalized spacial score (nSPS) is 16.9. The van der Waals surface area contributed by atoms with Crippen LogP contribution in [0.2, 0.25) is 0 Å². The maximum atomic E-state index is 11.7. The smallest absolute Gasteiger partial charge is 0.235 e. The van der Waals surface area contributed by atoms with E-state index in [1.54, 1.807) is 0 Å². The molecule has 1 aliphatic carbocycles. The zero-order valence-electron chi connectivity index (χ0n) is 9.56. The van der Waals surface area contributed by atoms with Gasteiger partial charge in [-0.25, -0.2) is 0 Å². The molecule has 1 saturated carbocycles. The Labute approximate surface area is 90.8 Å². The van der Waals surface area contributed by atoms with Gasteiger partial charge in [-0.2, -0.15) is 0 Å². The first-order chi connectivity index (χ1) is 7.17. The van der Waals surface area contributed by atoms with Crippen LogP contribution < -0.4 is 10.6 Å². The highest BCUT2D eigenvalue weighted by Gasteiger charge is 2.56. The summed E-state index contributed by atoms with van der Waals surface area (Å²) in [4.78, 5) is 23.4. The maximum Gasteiger partial charge on any atom is 0.235 e. The second-order valence-electron chi connectivity index (χ2n) is 4.09. The van der Waals surface area contributed by atoms with E-state index >= 15 is 0 Å². The van der Waals surface area contributed by atoms with E-state index < -0.39 is 5.41 Å². The summed E-state index contributed by atoms with van der Waals surface area (Å²) in [6, 6.07) is 0. The Balaban J connectivity index is 2.44. The molecule has 0 aromatic carbocycles. The predicted octanol–water partition coefficient (Wildman–Crippen LogP) is 0.819. The van der Waals surface area contributed by atoms with E-state index in [-0.39, 0.29) is 11.8 Å². The van der Waals surface area contributed by atoms with Crippen molar-refractivity contribution in [1.29, 1.82) is 0 Å². The molecule has 1 fully saturated rings. The third-order valence-electron chi connectivity index (χ3n) is 2.69. The highest BCUT2D eigenvalue weighted by atomic mass is 16.2. The molecule has 1 rings (SSSR count). The van der Waals surface area contributed by atoms with Gasteiger partial charge in [-0.15, -0.1) is 0 Å². The second-order valence-corrected chi connectivity index (χ2v) is 4.09. The van der Waals surface area contributed by atoms with Gasteiger partial charge in [-0.1, -0.05) is 13.8 Å². The molecule has 2 amide bonds. The molecule has 0 radical (unpaired) electrons. The van der Waals surface area contributed by atoms with E-state index in [4.69, 9.17) is 0 Å². The quantitative estimate of drug-likeness (QED) is 0.640. The van der Waals surface area contributed by atoms with Crippen molar-refractivity contribution in [3.63, 3.8) is 0 Å². The predicted molar refractivity (Wildman–Crippen MR) is 58.3 cm³/mol. The van der Waals surface area contributed by atoms with Crippen LogP contribution in [0.4, 0.5) is 0 Å². The first-order valence-corrected chi connectivity index (χ1v) is 5.74. The molecule has 0 atom stereocenters. The van der Waals surface area contributed by atoms with Gasteiger partial charge in [-0.05, 0) is 25.7 Å². The van der Waals surface area contributed by atoms with Crippen LogP contribution in [0.25, 0.3) is 0 Å². The van der Waals surface area contributed by atoms with Gasteiger partial charge >= 0.3 is 0 Å². The van der Waals surface area contributed by atoms with Gasteiger partial charge in [0.2, 0.25) is 11.8 Å². The molecule has 0 saturated heterocycles. The summed E-state index contributed by atoms with van der Waals surface area (Å²) in [6.45, 7) is 5.30. The molecule has 0 aromatic heterocycles. The number of rotatable bonds is 6. The van der Waals surface area contributed by atoms with Crippen LogP contribution in [0.1, 0.15) is 39.5 Å². The van der Waals surface area contributed by atoms with Crippen LogP contribution in [0.3, 0.4) is 0 Å². The lowest BCUT2D eigenvalue weighted by Crippen LogP contribution is -2.43. The van der Waals surface area contributed by atoms with E-state index in [9.17, 15) is 9.59 Å². The first kappa shape index (κ1) is 12.0. The minimum absolute atomic E-state index is 0.0991. The van der Waals surface area contributed by atoms with Gasteiger partial charge in [0.05, 0.1) is 0 Å². The van der Waals surface area contributed by atoms with Crippen molar-refractivity contribution in [2.45, 2.75) is 39.5 Å². The Morgan fingerprint density at radius 1 is 1.00 bits per heavy atom. The van der Waals surface area contributed by atoms with Crippen molar-refractivity contribution in [3.05, 3.63) is 0 Å². The summed E-state index contributed by atoms with van der Waals surface area (Å²) >= 11 is 0. The van der Waals surface area contributed by atoms with Gasteiger partial charge in [0.25, 0.3) is 0 Å². The van der Waals surface area contributed by atoms with E-state index in [1.807, 2.05) is 13.8 Å². The highest BCUT2D eigenvalue weighted by molar-refractivity contribution is 6.07. The van der Waals surface area contributed by atoms with Crippen molar-refractivity contribution in [2.24, 2.45) is 5.41 Å². The average molecular weight is 212 g/mol. The van der Waals surface area contributed by atoms with Crippen LogP contribution in [0.15, 0.2) is 0 Å². The van der Waals surface area contributed by atoms with E-state index in [0.717, 1.165) is 12.8 Å². The summed E-state index contributed by atoms with van der Waals surface area (Å²) in [7, 11) is 0. The Bertz CT molecular complexity index is 225. The van der Waals surface area contributed by atoms with Crippen LogP contribution in [0.5, 0.6) is 0 Å². The largest absolute Gasteiger partial charge is 0.355 e. The lowest BCUT2D eigenvalue weighted by molar-refractivity contribution is -0.137. The number of amides is 2. The fourth-order valence-corrected chi connectivity index (χ4v) is 1.50. The minimum atomic E-state index is -0.732. The fourth-order valence-electron chi connectivity index (χ4n) is 1.50. The summed E-state index contributed by atoms with van der Waals surface area (Å²) in [5.41, 5.74) is -0.732. The van der Waals surface area contributed by atoms with E-state index in [2.05, 4.69) is 10.6 Å². The standard InChI is InChI=1S/C11H20N2O2/c1-3-7-12-9(14)11(5-6-11)10(15)13-8-4-2/h3-8H2,1-2H3,(H,12,14)(H,13,15). The van der Waals surface area contributed by atoms with Crippen molar-refractivity contribution in [3.8, 4) is 0 Å². The zero-order chi connectivity index (χ0) is 11.3. The Hall–Kier alpha value is -1.06. The van der Waals surface area contributed by atoms with Crippen molar-refractivity contribution in [2.75, 3.05) is 13.1 Å². The Morgan fingerprint density at radius 3 is 1.67 bits per heavy atom. The third-order valence-corrected chi connectivity index (χ3v) is 2.69. The van der Waals surface area contributed by atoms with Crippen molar-refractivity contribution < 1.29 is 9.59 Å². The minimum Gasteiger partial charge on any atom is -0.355 e. The third kappa shape index (κ3) is 2.70. The highest BCUT2D eigenvalue weighted by Crippen LogP contribution is 2.46. The Kier molecular flexibility index (Phi) is 4.12. The summed E-state index contributed by atoms with van der Waals surface area (Å²) < 4.78 is 0. The van der Waals surface area contributed by atoms with Gasteiger partial charge < -0.3 is 10.6 Å². The lowest BCUT2D eigenvalue weighted by atomic mass is 10.1. The molecule has 15 heavy (non-hydrogen) atoms. The molecular weight excluding hydrogens is 192 g/mol. The molecule has 0 bridgehead atoms. The number of nitrogens with one attached hydrogen (secondary N) is 2. The topological polar surface area (TPSA) is 58.2 Å². The van der Waals surface area contributed by atoms with Crippen LogP contribution >= 0.6 is 0 Å². The van der Waals surface area contributed by atoms with E-state index in [0.29, 0.717) is 25.9 Å². The van der Waals surface area contributed by atoms with Gasteiger partial charge in [0.1, 0.15) is 5.41 Å². The maximum absolute atomic E-state index is 11.7. The fraction of sp³-hybridized carbons (Fsp3) is 0.818. The van der Waals surface area contributed by atoms with Crippen LogP contribution in [-0.4, -0.2) is 24.9 Å². The molecule has 0 unspecified atom stereocenters. The Morgan fingerprint density at radius 2 is 1.40 bits per heavy atom. The van der Waals surface area contributed by atoms with Crippen molar-refractivity contribution >= 4 is 11.8 Å².